The molecule has 68 valence electrons. The Hall–Kier alpha value is -0.0500. The highest BCUT2D eigenvalue weighted by Gasteiger charge is 2.29. The molecule has 3 rings (SSSR count). The predicted octanol–water partition coefficient (Wildman–Crippen LogP) is 3.44. The lowest BCUT2D eigenvalue weighted by molar-refractivity contribution is 0.659. The van der Waals surface area contributed by atoms with Gasteiger partial charge < -0.3 is 0 Å². The van der Waals surface area contributed by atoms with Gasteiger partial charge in [0.25, 0.3) is 0 Å². The van der Waals surface area contributed by atoms with Crippen LogP contribution in [0.15, 0.2) is 6.07 Å². The van der Waals surface area contributed by atoms with Gasteiger partial charge in [-0.15, -0.1) is 0 Å². The molecule has 0 fully saturated rings. The van der Waals surface area contributed by atoms with Crippen molar-refractivity contribution in [2.24, 2.45) is 0 Å². The van der Waals surface area contributed by atoms with Gasteiger partial charge in [-0.25, -0.2) is 0 Å². The molecule has 0 aromatic heterocycles. The molecule has 0 bridgehead atoms. The standard InChI is InChI=1S/C12H13I/c1-7-5-9-6-8-3-2-4-10(8)12(13)11(7)9/h6-7H,2-5H2,1H3. The summed E-state index contributed by atoms with van der Waals surface area (Å²) in [4.78, 5) is 0. The minimum atomic E-state index is 0.827. The van der Waals surface area contributed by atoms with E-state index in [1.54, 1.807) is 25.8 Å². The van der Waals surface area contributed by atoms with Crippen molar-refractivity contribution in [3.05, 3.63) is 31.9 Å². The summed E-state index contributed by atoms with van der Waals surface area (Å²) in [7, 11) is 0. The first kappa shape index (κ1) is 8.27. The number of hydrogen-bond acceptors (Lipinski definition) is 0. The Balaban J connectivity index is 2.25. The Morgan fingerprint density at radius 2 is 2.15 bits per heavy atom. The molecule has 0 radical (unpaired) electrons. The van der Waals surface area contributed by atoms with Crippen LogP contribution in [-0.2, 0) is 19.3 Å². The van der Waals surface area contributed by atoms with E-state index in [4.69, 9.17) is 0 Å². The molecule has 1 heteroatoms. The van der Waals surface area contributed by atoms with Crippen LogP contribution in [0.4, 0.5) is 0 Å². The Kier molecular flexibility index (Phi) is 1.73. The van der Waals surface area contributed by atoms with Crippen molar-refractivity contribution < 1.29 is 0 Å². The Labute approximate surface area is 92.9 Å². The average molecular weight is 284 g/mol. The van der Waals surface area contributed by atoms with Crippen LogP contribution in [-0.4, -0.2) is 0 Å². The summed E-state index contributed by atoms with van der Waals surface area (Å²) < 4.78 is 1.60. The second-order valence-electron chi connectivity index (χ2n) is 4.36. The zero-order chi connectivity index (χ0) is 9.00. The number of fused-ring (bicyclic) bond motifs is 2. The first-order valence-electron chi connectivity index (χ1n) is 5.10. The fourth-order valence-corrected chi connectivity index (χ4v) is 4.27. The number of aryl methyl sites for hydroxylation is 1. The maximum Gasteiger partial charge on any atom is 0.0202 e. The van der Waals surface area contributed by atoms with Crippen molar-refractivity contribution in [2.75, 3.05) is 0 Å². The topological polar surface area (TPSA) is 0 Å². The van der Waals surface area contributed by atoms with Gasteiger partial charge in [0, 0.05) is 3.57 Å². The van der Waals surface area contributed by atoms with Gasteiger partial charge in [0.2, 0.25) is 0 Å². The molecule has 0 saturated heterocycles. The highest BCUT2D eigenvalue weighted by molar-refractivity contribution is 14.1. The normalized spacial score (nSPS) is 23.7. The number of benzene rings is 1. The summed E-state index contributed by atoms with van der Waals surface area (Å²) in [6, 6.07) is 2.47. The largest absolute Gasteiger partial charge is 0.0580 e. The van der Waals surface area contributed by atoms with E-state index in [0.29, 0.717) is 0 Å². The van der Waals surface area contributed by atoms with E-state index in [2.05, 4.69) is 35.6 Å². The molecule has 0 heterocycles. The van der Waals surface area contributed by atoms with Crippen molar-refractivity contribution >= 4 is 22.6 Å². The molecule has 1 aromatic rings. The monoisotopic (exact) mass is 284 g/mol. The van der Waals surface area contributed by atoms with Crippen molar-refractivity contribution in [2.45, 2.75) is 38.5 Å². The molecule has 1 unspecified atom stereocenters. The van der Waals surface area contributed by atoms with E-state index in [0.717, 1.165) is 5.92 Å². The quantitative estimate of drug-likeness (QED) is 0.640. The zero-order valence-corrected chi connectivity index (χ0v) is 10.0. The molecular formula is C12H13I. The van der Waals surface area contributed by atoms with Crippen LogP contribution in [0.1, 0.15) is 41.5 Å². The second kappa shape index (κ2) is 2.72. The fourth-order valence-electron chi connectivity index (χ4n) is 2.77. The third kappa shape index (κ3) is 1.03. The molecular weight excluding hydrogens is 271 g/mol. The van der Waals surface area contributed by atoms with Gasteiger partial charge in [-0.3, -0.25) is 0 Å². The minimum absolute atomic E-state index is 0.827. The highest BCUT2D eigenvalue weighted by Crippen LogP contribution is 2.42. The Morgan fingerprint density at radius 1 is 1.31 bits per heavy atom. The van der Waals surface area contributed by atoms with Crippen molar-refractivity contribution in [3.8, 4) is 0 Å². The van der Waals surface area contributed by atoms with Gasteiger partial charge in [-0.2, -0.15) is 0 Å². The molecule has 0 nitrogen and oxygen atoms in total. The minimum Gasteiger partial charge on any atom is -0.0580 e. The predicted molar refractivity (Wildman–Crippen MR) is 63.3 cm³/mol. The zero-order valence-electron chi connectivity index (χ0n) is 7.86. The first-order valence-corrected chi connectivity index (χ1v) is 6.18. The third-order valence-electron chi connectivity index (χ3n) is 3.48. The smallest absolute Gasteiger partial charge is 0.0202 e. The van der Waals surface area contributed by atoms with Crippen LogP contribution >= 0.6 is 22.6 Å². The summed E-state index contributed by atoms with van der Waals surface area (Å²) >= 11 is 2.56. The van der Waals surface area contributed by atoms with Gasteiger partial charge in [-0.05, 0) is 76.4 Å². The van der Waals surface area contributed by atoms with E-state index >= 15 is 0 Å². The number of halogens is 1. The Bertz CT molecular complexity index is 375. The van der Waals surface area contributed by atoms with E-state index in [1.807, 2.05) is 0 Å². The highest BCUT2D eigenvalue weighted by atomic mass is 127. The maximum atomic E-state index is 2.56. The van der Waals surface area contributed by atoms with Gasteiger partial charge >= 0.3 is 0 Å². The maximum absolute atomic E-state index is 2.56. The van der Waals surface area contributed by atoms with Gasteiger partial charge in [0.05, 0.1) is 0 Å². The summed E-state index contributed by atoms with van der Waals surface area (Å²) in [5.41, 5.74) is 6.62. The molecule has 0 amide bonds. The fraction of sp³-hybridized carbons (Fsp3) is 0.500. The van der Waals surface area contributed by atoms with E-state index in [9.17, 15) is 0 Å². The van der Waals surface area contributed by atoms with Crippen LogP contribution in [0, 0.1) is 3.57 Å². The molecule has 2 aliphatic rings. The van der Waals surface area contributed by atoms with Gasteiger partial charge in [-0.1, -0.05) is 13.0 Å². The molecule has 13 heavy (non-hydrogen) atoms. The molecule has 0 N–H and O–H groups in total. The molecule has 0 spiro atoms. The molecule has 1 atom stereocenters. The van der Waals surface area contributed by atoms with Crippen molar-refractivity contribution in [3.63, 3.8) is 0 Å². The van der Waals surface area contributed by atoms with E-state index < -0.39 is 0 Å². The molecule has 2 aliphatic carbocycles. The second-order valence-corrected chi connectivity index (χ2v) is 5.44. The number of rotatable bonds is 0. The van der Waals surface area contributed by atoms with Gasteiger partial charge in [0.15, 0.2) is 0 Å². The SMILES string of the molecule is CC1Cc2cc3c(c(I)c21)CCC3. The number of hydrogen-bond donors (Lipinski definition) is 0. The Morgan fingerprint density at radius 3 is 2.92 bits per heavy atom. The molecule has 0 saturated carbocycles. The molecule has 0 aliphatic heterocycles. The van der Waals surface area contributed by atoms with E-state index in [1.165, 1.54) is 25.7 Å². The van der Waals surface area contributed by atoms with Crippen LogP contribution in [0.3, 0.4) is 0 Å². The summed E-state index contributed by atoms with van der Waals surface area (Å²) in [6.07, 6.45) is 5.35. The van der Waals surface area contributed by atoms with Crippen LogP contribution < -0.4 is 0 Å². The van der Waals surface area contributed by atoms with Crippen LogP contribution in [0.2, 0.25) is 0 Å². The average Bonchev–Trinajstić information content (AvgIpc) is 2.50. The third-order valence-corrected chi connectivity index (χ3v) is 4.71. The van der Waals surface area contributed by atoms with Gasteiger partial charge in [0.1, 0.15) is 0 Å². The first-order chi connectivity index (χ1) is 6.27. The van der Waals surface area contributed by atoms with Crippen molar-refractivity contribution in [1.29, 1.82) is 0 Å². The van der Waals surface area contributed by atoms with Crippen LogP contribution in [0.5, 0.6) is 0 Å². The van der Waals surface area contributed by atoms with Crippen LogP contribution in [0.25, 0.3) is 0 Å². The summed E-state index contributed by atoms with van der Waals surface area (Å²) in [5, 5.41) is 0. The summed E-state index contributed by atoms with van der Waals surface area (Å²) in [5.74, 6) is 0.827. The van der Waals surface area contributed by atoms with E-state index in [-0.39, 0.29) is 0 Å². The van der Waals surface area contributed by atoms with Crippen molar-refractivity contribution in [1.82, 2.24) is 0 Å². The lowest BCUT2D eigenvalue weighted by Crippen LogP contribution is -2.17. The lowest BCUT2D eigenvalue weighted by atomic mass is 9.77. The summed E-state index contributed by atoms with van der Waals surface area (Å²) in [6.45, 7) is 2.35. The molecule has 1 aromatic carbocycles. The lowest BCUT2D eigenvalue weighted by Gasteiger charge is -2.30.